The van der Waals surface area contributed by atoms with Crippen LogP contribution in [0.4, 0.5) is 0 Å². The Morgan fingerprint density at radius 3 is 0.933 bits per heavy atom. The first kappa shape index (κ1) is 71.6. The molecule has 1 atom stereocenters. The SMILES string of the molecule is CC/C=C\C/C=C\C/C=C\C/C=C\CCC(=O)OCC(COC(=O)CCCCCCCCCCCCCCCCCCC/C=C\CCCCCCCCCC)OC(=O)CCCCCCC/C=C\C/C=C\CCCCC. The van der Waals surface area contributed by atoms with Gasteiger partial charge in [-0.25, -0.2) is 0 Å². The number of hydrogen-bond donors (Lipinski definition) is 0. The molecule has 75 heavy (non-hydrogen) atoms. The van der Waals surface area contributed by atoms with Crippen molar-refractivity contribution in [2.24, 2.45) is 0 Å². The average molecular weight is 1050 g/mol. The molecule has 0 bridgehead atoms. The smallest absolute Gasteiger partial charge is 0.306 e. The van der Waals surface area contributed by atoms with Crippen LogP contribution in [0.5, 0.6) is 0 Å². The first-order valence-electron chi connectivity index (χ1n) is 32.1. The molecule has 0 aliphatic rings. The maximum atomic E-state index is 12.9. The van der Waals surface area contributed by atoms with Gasteiger partial charge >= 0.3 is 17.9 Å². The van der Waals surface area contributed by atoms with Gasteiger partial charge in [0.2, 0.25) is 0 Å². The normalized spacial score (nSPS) is 12.6. The maximum Gasteiger partial charge on any atom is 0.306 e. The van der Waals surface area contributed by atoms with Crippen LogP contribution in [0.3, 0.4) is 0 Å². The predicted molar refractivity (Wildman–Crippen MR) is 325 cm³/mol. The molecule has 6 nitrogen and oxygen atoms in total. The fourth-order valence-corrected chi connectivity index (χ4v) is 9.07. The number of rotatable bonds is 58. The van der Waals surface area contributed by atoms with Crippen molar-refractivity contribution in [2.75, 3.05) is 13.2 Å². The number of carbonyl (C=O) groups is 3. The predicted octanol–water partition coefficient (Wildman–Crippen LogP) is 21.9. The second-order valence-electron chi connectivity index (χ2n) is 21.3. The first-order chi connectivity index (χ1) is 37.0. The molecule has 0 aliphatic carbocycles. The lowest BCUT2D eigenvalue weighted by molar-refractivity contribution is -0.166. The van der Waals surface area contributed by atoms with Crippen molar-refractivity contribution in [1.82, 2.24) is 0 Å². The number of ether oxygens (including phenoxy) is 3. The summed E-state index contributed by atoms with van der Waals surface area (Å²) in [5.74, 6) is -0.992. The summed E-state index contributed by atoms with van der Waals surface area (Å²) in [4.78, 5) is 38.2. The van der Waals surface area contributed by atoms with Crippen LogP contribution in [0.2, 0.25) is 0 Å². The number of unbranched alkanes of at least 4 members (excludes halogenated alkanes) is 33. The molecule has 0 N–H and O–H groups in total. The van der Waals surface area contributed by atoms with Gasteiger partial charge < -0.3 is 14.2 Å². The molecule has 6 heteroatoms. The van der Waals surface area contributed by atoms with Gasteiger partial charge in [-0.2, -0.15) is 0 Å². The quantitative estimate of drug-likeness (QED) is 0.0261. The Bertz CT molecular complexity index is 1430. The fraction of sp³-hybridized carbons (Fsp3) is 0.754. The second-order valence-corrected chi connectivity index (χ2v) is 21.3. The first-order valence-corrected chi connectivity index (χ1v) is 32.1. The van der Waals surface area contributed by atoms with E-state index < -0.39 is 6.10 Å². The minimum absolute atomic E-state index is 0.103. The summed E-state index contributed by atoms with van der Waals surface area (Å²) in [7, 11) is 0. The van der Waals surface area contributed by atoms with Crippen LogP contribution >= 0.6 is 0 Å². The summed E-state index contributed by atoms with van der Waals surface area (Å²) in [5.41, 5.74) is 0. The molecule has 0 rings (SSSR count). The molecule has 0 heterocycles. The van der Waals surface area contributed by atoms with Gasteiger partial charge in [0.15, 0.2) is 6.10 Å². The average Bonchev–Trinajstić information content (AvgIpc) is 3.41. The topological polar surface area (TPSA) is 78.9 Å². The van der Waals surface area contributed by atoms with E-state index in [0.717, 1.165) is 89.9 Å². The van der Waals surface area contributed by atoms with Gasteiger partial charge in [0, 0.05) is 19.3 Å². The van der Waals surface area contributed by atoms with Gasteiger partial charge in [0.25, 0.3) is 0 Å². The van der Waals surface area contributed by atoms with Crippen LogP contribution in [-0.2, 0) is 28.6 Å². The largest absolute Gasteiger partial charge is 0.462 e. The molecule has 0 aliphatic heterocycles. The molecule has 0 radical (unpaired) electrons. The molecular weight excluding hydrogens is 925 g/mol. The molecule has 0 aromatic carbocycles. The zero-order valence-corrected chi connectivity index (χ0v) is 49.6. The number of esters is 3. The third-order valence-corrected chi connectivity index (χ3v) is 13.9. The maximum absolute atomic E-state index is 12.9. The summed E-state index contributed by atoms with van der Waals surface area (Å²) in [6, 6.07) is 0. The molecule has 432 valence electrons. The fourth-order valence-electron chi connectivity index (χ4n) is 9.07. The van der Waals surface area contributed by atoms with E-state index >= 15 is 0 Å². The molecule has 0 aromatic rings. The van der Waals surface area contributed by atoms with Crippen molar-refractivity contribution >= 4 is 17.9 Å². The summed E-state index contributed by atoms with van der Waals surface area (Å²) in [6.45, 7) is 6.45. The molecule has 0 spiro atoms. The van der Waals surface area contributed by atoms with E-state index in [1.54, 1.807) is 0 Å². The zero-order valence-electron chi connectivity index (χ0n) is 49.6. The van der Waals surface area contributed by atoms with Crippen LogP contribution < -0.4 is 0 Å². The van der Waals surface area contributed by atoms with E-state index in [0.29, 0.717) is 19.3 Å². The monoisotopic (exact) mass is 1040 g/mol. The van der Waals surface area contributed by atoms with Crippen LogP contribution in [0.1, 0.15) is 316 Å². The van der Waals surface area contributed by atoms with Gasteiger partial charge in [-0.15, -0.1) is 0 Å². The van der Waals surface area contributed by atoms with Crippen LogP contribution in [0.15, 0.2) is 85.1 Å². The molecule has 0 aromatic heterocycles. The van der Waals surface area contributed by atoms with E-state index in [1.807, 2.05) is 6.08 Å². The van der Waals surface area contributed by atoms with E-state index in [1.165, 1.54) is 180 Å². The Morgan fingerprint density at radius 2 is 0.547 bits per heavy atom. The minimum Gasteiger partial charge on any atom is -0.462 e. The molecule has 0 amide bonds. The number of carbonyl (C=O) groups excluding carboxylic acids is 3. The van der Waals surface area contributed by atoms with Crippen molar-refractivity contribution in [3.05, 3.63) is 85.1 Å². The minimum atomic E-state index is -0.812. The van der Waals surface area contributed by atoms with Crippen molar-refractivity contribution in [1.29, 1.82) is 0 Å². The highest BCUT2D eigenvalue weighted by molar-refractivity contribution is 5.71. The van der Waals surface area contributed by atoms with Crippen LogP contribution in [0, 0.1) is 0 Å². The zero-order chi connectivity index (χ0) is 54.3. The highest BCUT2D eigenvalue weighted by atomic mass is 16.6. The number of allylic oxidation sites excluding steroid dienone is 14. The van der Waals surface area contributed by atoms with E-state index in [-0.39, 0.29) is 37.5 Å². The lowest BCUT2D eigenvalue weighted by Gasteiger charge is -2.18. The van der Waals surface area contributed by atoms with Crippen molar-refractivity contribution in [2.45, 2.75) is 322 Å². The Hall–Kier alpha value is -3.41. The van der Waals surface area contributed by atoms with Gasteiger partial charge in [-0.3, -0.25) is 14.4 Å². The molecule has 0 saturated heterocycles. The molecule has 0 fully saturated rings. The Balaban J connectivity index is 4.23. The summed E-state index contributed by atoms with van der Waals surface area (Å²) in [6.07, 6.45) is 83.4. The highest BCUT2D eigenvalue weighted by Crippen LogP contribution is 2.17. The lowest BCUT2D eigenvalue weighted by Crippen LogP contribution is -2.30. The second kappa shape index (κ2) is 63.1. The molecule has 0 saturated carbocycles. The molecular formula is C69H120O6. The van der Waals surface area contributed by atoms with E-state index in [4.69, 9.17) is 14.2 Å². The lowest BCUT2D eigenvalue weighted by atomic mass is 10.0. The third kappa shape index (κ3) is 61.3. The summed E-state index contributed by atoms with van der Waals surface area (Å²) >= 11 is 0. The van der Waals surface area contributed by atoms with Gasteiger partial charge in [-0.05, 0) is 103 Å². The number of hydrogen-bond acceptors (Lipinski definition) is 6. The van der Waals surface area contributed by atoms with Crippen LogP contribution in [-0.4, -0.2) is 37.2 Å². The summed E-state index contributed by atoms with van der Waals surface area (Å²) < 4.78 is 16.8. The van der Waals surface area contributed by atoms with Gasteiger partial charge in [-0.1, -0.05) is 279 Å². The Kier molecular flexibility index (Phi) is 60.3. The highest BCUT2D eigenvalue weighted by Gasteiger charge is 2.19. The Labute approximate surface area is 465 Å². The molecule has 1 unspecified atom stereocenters. The summed E-state index contributed by atoms with van der Waals surface area (Å²) in [5, 5.41) is 0. The van der Waals surface area contributed by atoms with Gasteiger partial charge in [0.05, 0.1) is 0 Å². The van der Waals surface area contributed by atoms with Crippen molar-refractivity contribution in [3.63, 3.8) is 0 Å². The Morgan fingerprint density at radius 1 is 0.280 bits per heavy atom. The van der Waals surface area contributed by atoms with Crippen LogP contribution in [0.25, 0.3) is 0 Å². The van der Waals surface area contributed by atoms with E-state index in [2.05, 4.69) is 99.8 Å². The third-order valence-electron chi connectivity index (χ3n) is 13.9. The van der Waals surface area contributed by atoms with E-state index in [9.17, 15) is 14.4 Å². The standard InChI is InChI=1S/C69H120O6/c1-4-7-10-13-16-19-22-25-27-28-29-30-31-32-33-34-35-36-37-38-39-40-42-44-47-50-53-56-59-62-68(71)74-65-66(64-73-67(70)61-58-55-52-49-46-43-24-21-18-15-12-9-6-3)75-69(72)63-60-57-54-51-48-45-41-26-23-20-17-14-11-8-5-2/h9,12,17-18,20-21,26,28-29,41,43,46,52,55,66H,4-8,10-11,13-16,19,22-25,27,30-40,42,44-45,47-51,53-54,56-65H2,1-3H3/b12-9-,20-17-,21-18-,29-28-,41-26-,46-43-,55-52-. The van der Waals surface area contributed by atoms with Gasteiger partial charge in [0.1, 0.15) is 13.2 Å². The van der Waals surface area contributed by atoms with Crippen molar-refractivity contribution in [3.8, 4) is 0 Å². The van der Waals surface area contributed by atoms with Crippen molar-refractivity contribution < 1.29 is 28.6 Å².